The number of methoxy groups -OCH3 is 1. The molecule has 0 amide bonds. The maximum Gasteiger partial charge on any atom is 0.352 e. The summed E-state index contributed by atoms with van der Waals surface area (Å²) in [6.07, 6.45) is 3.30. The molecule has 0 fully saturated rings. The Balaban J connectivity index is 2.06. The first-order chi connectivity index (χ1) is 16.2. The number of carbonyl (C=O) groups excluding carboxylic acids is 2. The summed E-state index contributed by atoms with van der Waals surface area (Å²) in [5.41, 5.74) is 2.55. The number of carbonyl (C=O) groups is 3. The number of aliphatic hydroxyl groups is 1. The van der Waals surface area contributed by atoms with Gasteiger partial charge in [-0.1, -0.05) is 48.9 Å². The normalized spacial score (nSPS) is 15.5. The van der Waals surface area contributed by atoms with E-state index in [4.69, 9.17) is 25.8 Å². The van der Waals surface area contributed by atoms with Crippen LogP contribution in [0.4, 0.5) is 0 Å². The van der Waals surface area contributed by atoms with Crippen molar-refractivity contribution in [1.29, 1.82) is 0 Å². The van der Waals surface area contributed by atoms with Crippen LogP contribution in [0.25, 0.3) is 0 Å². The van der Waals surface area contributed by atoms with Crippen molar-refractivity contribution < 1.29 is 38.8 Å². The summed E-state index contributed by atoms with van der Waals surface area (Å²) < 4.78 is 15.9. The van der Waals surface area contributed by atoms with Crippen molar-refractivity contribution >= 4 is 29.5 Å². The van der Waals surface area contributed by atoms with Crippen LogP contribution in [-0.4, -0.2) is 40.3 Å². The standard InChI is InChI=1S/C25H25ClO8/c1-14(25(26,32-3)24(30)31)8-7-11-17-18(12-27)15(2)19-13-33-23(29)20(19)21(17)34-22(28)16-9-5-4-6-10-16/h4-10,14,27H,11-13H2,1-3H3,(H,30,31)/t14?,25-/m0/s1. The van der Waals surface area contributed by atoms with Crippen molar-refractivity contribution in [2.75, 3.05) is 7.11 Å². The number of hydrogen-bond acceptors (Lipinski definition) is 7. The lowest BCUT2D eigenvalue weighted by Gasteiger charge is -2.25. The number of carboxylic acids is 1. The van der Waals surface area contributed by atoms with E-state index in [0.717, 1.165) is 0 Å². The van der Waals surface area contributed by atoms with E-state index in [9.17, 15) is 24.6 Å². The van der Waals surface area contributed by atoms with Crippen LogP contribution in [0.3, 0.4) is 0 Å². The molecular formula is C25H25ClO8. The monoisotopic (exact) mass is 488 g/mol. The summed E-state index contributed by atoms with van der Waals surface area (Å²) in [6.45, 7) is 2.98. The molecule has 1 aliphatic heterocycles. The van der Waals surface area contributed by atoms with Gasteiger partial charge in [-0.25, -0.2) is 14.4 Å². The molecule has 0 saturated carbocycles. The van der Waals surface area contributed by atoms with Gasteiger partial charge in [0.2, 0.25) is 5.06 Å². The maximum absolute atomic E-state index is 12.8. The Kier molecular flexibility index (Phi) is 7.76. The largest absolute Gasteiger partial charge is 0.478 e. The lowest BCUT2D eigenvalue weighted by atomic mass is 9.90. The topological polar surface area (TPSA) is 119 Å². The second-order valence-electron chi connectivity index (χ2n) is 7.83. The second-order valence-corrected chi connectivity index (χ2v) is 8.39. The summed E-state index contributed by atoms with van der Waals surface area (Å²) in [5.74, 6) is -3.34. The number of aliphatic carboxylic acids is 1. The quantitative estimate of drug-likeness (QED) is 0.237. The minimum absolute atomic E-state index is 0.0112. The van der Waals surface area contributed by atoms with Crippen LogP contribution < -0.4 is 4.74 Å². The molecule has 8 nitrogen and oxygen atoms in total. The first-order valence-electron chi connectivity index (χ1n) is 10.5. The smallest absolute Gasteiger partial charge is 0.352 e. The molecule has 1 aliphatic rings. The molecule has 0 aliphatic carbocycles. The number of ether oxygens (including phenoxy) is 3. The SMILES string of the molecule is CO[C@](Cl)(C(=O)O)C(C)C=CCc1c(CO)c(C)c2c(c1OC(=O)c1ccccc1)C(=O)OC2. The number of hydrogen-bond donors (Lipinski definition) is 2. The zero-order valence-corrected chi connectivity index (χ0v) is 19.7. The fraction of sp³-hybridized carbons (Fsp3) is 0.320. The Labute approximate surface area is 201 Å². The molecule has 2 aromatic rings. The molecule has 2 aromatic carbocycles. The molecule has 34 heavy (non-hydrogen) atoms. The highest BCUT2D eigenvalue weighted by atomic mass is 35.5. The fourth-order valence-electron chi connectivity index (χ4n) is 3.88. The van der Waals surface area contributed by atoms with Gasteiger partial charge in [0, 0.05) is 24.2 Å². The lowest BCUT2D eigenvalue weighted by Crippen LogP contribution is -2.40. The number of carboxylic acid groups (broad SMARTS) is 1. The Morgan fingerprint density at radius 2 is 1.94 bits per heavy atom. The molecule has 0 aromatic heterocycles. The van der Waals surface area contributed by atoms with Gasteiger partial charge < -0.3 is 24.4 Å². The van der Waals surface area contributed by atoms with E-state index in [1.807, 2.05) is 0 Å². The van der Waals surface area contributed by atoms with Crippen LogP contribution in [0.5, 0.6) is 5.75 Å². The van der Waals surface area contributed by atoms with Crippen LogP contribution in [0, 0.1) is 12.8 Å². The minimum atomic E-state index is -1.96. The summed E-state index contributed by atoms with van der Waals surface area (Å²) in [5, 5.41) is 17.5. The number of alkyl halides is 1. The van der Waals surface area contributed by atoms with Crippen molar-refractivity contribution in [2.45, 2.75) is 38.5 Å². The fourth-order valence-corrected chi connectivity index (χ4v) is 3.95. The van der Waals surface area contributed by atoms with E-state index in [0.29, 0.717) is 22.3 Å². The molecule has 2 N–H and O–H groups in total. The van der Waals surface area contributed by atoms with Crippen LogP contribution in [0.1, 0.15) is 49.9 Å². The van der Waals surface area contributed by atoms with Gasteiger partial charge in [0.1, 0.15) is 17.9 Å². The van der Waals surface area contributed by atoms with Crippen molar-refractivity contribution in [3.8, 4) is 5.75 Å². The van der Waals surface area contributed by atoms with E-state index in [2.05, 4.69) is 0 Å². The Morgan fingerprint density at radius 1 is 1.26 bits per heavy atom. The van der Waals surface area contributed by atoms with Crippen molar-refractivity contribution in [3.05, 3.63) is 75.9 Å². The van der Waals surface area contributed by atoms with Gasteiger partial charge in [0.25, 0.3) is 0 Å². The summed E-state index contributed by atoms with van der Waals surface area (Å²) in [6, 6.07) is 8.30. The van der Waals surface area contributed by atoms with Gasteiger partial charge in [0.15, 0.2) is 0 Å². The molecular weight excluding hydrogens is 464 g/mol. The van der Waals surface area contributed by atoms with Gasteiger partial charge in [-0.15, -0.1) is 0 Å². The lowest BCUT2D eigenvalue weighted by molar-refractivity contribution is -0.155. The van der Waals surface area contributed by atoms with Gasteiger partial charge in [-0.3, -0.25) is 0 Å². The van der Waals surface area contributed by atoms with Gasteiger partial charge in [0.05, 0.1) is 12.2 Å². The number of cyclic esters (lactones) is 1. The highest BCUT2D eigenvalue weighted by Gasteiger charge is 2.41. The molecule has 1 heterocycles. The summed E-state index contributed by atoms with van der Waals surface area (Å²) in [4.78, 5) is 36.9. The number of esters is 2. The summed E-state index contributed by atoms with van der Waals surface area (Å²) >= 11 is 6.09. The number of aliphatic hydroxyl groups excluding tert-OH is 1. The predicted molar refractivity (Wildman–Crippen MR) is 123 cm³/mol. The average Bonchev–Trinajstić information content (AvgIpc) is 3.22. The zero-order valence-electron chi connectivity index (χ0n) is 19.0. The summed E-state index contributed by atoms with van der Waals surface area (Å²) in [7, 11) is 1.20. The van der Waals surface area contributed by atoms with Gasteiger partial charge in [-0.2, -0.15) is 0 Å². The van der Waals surface area contributed by atoms with Crippen molar-refractivity contribution in [1.82, 2.24) is 0 Å². The van der Waals surface area contributed by atoms with Crippen LogP contribution >= 0.6 is 11.6 Å². The Hall–Kier alpha value is -3.20. The highest BCUT2D eigenvalue weighted by Crippen LogP contribution is 2.39. The van der Waals surface area contributed by atoms with Gasteiger partial charge >= 0.3 is 17.9 Å². The second kappa shape index (κ2) is 10.4. The van der Waals surface area contributed by atoms with Crippen LogP contribution in [-0.2, 0) is 33.9 Å². The molecule has 0 saturated heterocycles. The molecule has 0 spiro atoms. The van der Waals surface area contributed by atoms with E-state index in [1.54, 1.807) is 56.3 Å². The Morgan fingerprint density at radius 3 is 2.53 bits per heavy atom. The number of fused-ring (bicyclic) bond motifs is 1. The third-order valence-electron chi connectivity index (χ3n) is 5.91. The first-order valence-corrected chi connectivity index (χ1v) is 10.9. The molecule has 180 valence electrons. The van der Waals surface area contributed by atoms with Gasteiger partial charge in [-0.05, 0) is 36.6 Å². The average molecular weight is 489 g/mol. The third-order valence-corrected chi connectivity index (χ3v) is 6.57. The van der Waals surface area contributed by atoms with E-state index >= 15 is 0 Å². The first kappa shape index (κ1) is 25.4. The van der Waals surface area contributed by atoms with Crippen molar-refractivity contribution in [3.63, 3.8) is 0 Å². The number of allylic oxidation sites excluding steroid dienone is 1. The number of rotatable bonds is 9. The van der Waals surface area contributed by atoms with Crippen LogP contribution in [0.15, 0.2) is 42.5 Å². The third kappa shape index (κ3) is 4.70. The molecule has 1 unspecified atom stereocenters. The molecule has 2 atom stereocenters. The molecule has 9 heteroatoms. The van der Waals surface area contributed by atoms with E-state index in [1.165, 1.54) is 7.11 Å². The zero-order chi connectivity index (χ0) is 25.0. The molecule has 0 radical (unpaired) electrons. The molecule has 3 rings (SSSR count). The number of halogens is 1. The maximum atomic E-state index is 12.8. The molecule has 0 bridgehead atoms. The predicted octanol–water partition coefficient (Wildman–Crippen LogP) is 3.78. The Bertz CT molecular complexity index is 1140. The van der Waals surface area contributed by atoms with Crippen LogP contribution in [0.2, 0.25) is 0 Å². The van der Waals surface area contributed by atoms with E-state index in [-0.39, 0.29) is 36.5 Å². The highest BCUT2D eigenvalue weighted by molar-refractivity contribution is 6.32. The van der Waals surface area contributed by atoms with E-state index < -0.39 is 28.9 Å². The number of benzene rings is 2. The minimum Gasteiger partial charge on any atom is -0.478 e. The van der Waals surface area contributed by atoms with Crippen molar-refractivity contribution in [2.24, 2.45) is 5.92 Å².